The number of hydrogen-bond donors (Lipinski definition) is 1. The van der Waals surface area contributed by atoms with Gasteiger partial charge in [-0.2, -0.15) is 0 Å². The Kier molecular flexibility index (Phi) is 2.83. The normalized spacial score (nSPS) is 31.4. The maximum atomic E-state index is 12.1. The van der Waals surface area contributed by atoms with Gasteiger partial charge in [0.05, 0.1) is 12.2 Å². The van der Waals surface area contributed by atoms with Crippen molar-refractivity contribution in [1.82, 2.24) is 0 Å². The van der Waals surface area contributed by atoms with Gasteiger partial charge in [0.25, 0.3) is 0 Å². The Hall–Kier alpha value is -2.14. The van der Waals surface area contributed by atoms with Gasteiger partial charge in [0.15, 0.2) is 0 Å². The highest BCUT2D eigenvalue weighted by atomic mass is 16.5. The predicted octanol–water partition coefficient (Wildman–Crippen LogP) is 1.25. The molecule has 98 valence electrons. The van der Waals surface area contributed by atoms with E-state index < -0.39 is 36.0 Å². The van der Waals surface area contributed by atoms with E-state index in [2.05, 4.69) is 0 Å². The fourth-order valence-corrected chi connectivity index (χ4v) is 2.56. The first-order chi connectivity index (χ1) is 9.16. The summed E-state index contributed by atoms with van der Waals surface area (Å²) in [6, 6.07) is 8.60. The van der Waals surface area contributed by atoms with E-state index in [1.807, 2.05) is 0 Å². The lowest BCUT2D eigenvalue weighted by Gasteiger charge is -2.19. The number of carbonyl (C=O) groups excluding carboxylic acids is 1. The fourth-order valence-electron chi connectivity index (χ4n) is 2.56. The van der Waals surface area contributed by atoms with Crippen LogP contribution in [0.3, 0.4) is 0 Å². The molecule has 0 saturated carbocycles. The molecule has 4 atom stereocenters. The average Bonchev–Trinajstić information content (AvgIpc) is 2.99. The van der Waals surface area contributed by atoms with Crippen molar-refractivity contribution in [1.29, 1.82) is 0 Å². The van der Waals surface area contributed by atoms with Gasteiger partial charge in [-0.1, -0.05) is 30.4 Å². The highest BCUT2D eigenvalue weighted by Crippen LogP contribution is 2.40. The van der Waals surface area contributed by atoms with Crippen LogP contribution in [0.25, 0.3) is 0 Å². The molecule has 1 aromatic carbocycles. The van der Waals surface area contributed by atoms with Crippen LogP contribution in [-0.2, 0) is 14.3 Å². The van der Waals surface area contributed by atoms with Crippen molar-refractivity contribution < 1.29 is 24.2 Å². The van der Waals surface area contributed by atoms with E-state index in [1.165, 1.54) is 0 Å². The second kappa shape index (κ2) is 4.51. The third-order valence-electron chi connectivity index (χ3n) is 3.42. The number of rotatable bonds is 3. The Bertz CT molecular complexity index is 536. The number of para-hydroxylation sites is 1. The SMILES string of the molecule is O=C(O)C1C2C=CC(O2)C1C(=O)Oc1ccccc1. The number of esters is 1. The van der Waals surface area contributed by atoms with Gasteiger partial charge in [-0.15, -0.1) is 0 Å². The summed E-state index contributed by atoms with van der Waals surface area (Å²) in [5, 5.41) is 9.20. The van der Waals surface area contributed by atoms with Crippen LogP contribution in [0, 0.1) is 11.8 Å². The molecule has 3 rings (SSSR count). The third-order valence-corrected chi connectivity index (χ3v) is 3.42. The van der Waals surface area contributed by atoms with Crippen molar-refractivity contribution in [2.24, 2.45) is 11.8 Å². The van der Waals surface area contributed by atoms with Gasteiger partial charge in [0.2, 0.25) is 0 Å². The lowest BCUT2D eigenvalue weighted by molar-refractivity contribution is -0.151. The molecule has 0 aromatic heterocycles. The van der Waals surface area contributed by atoms with E-state index in [4.69, 9.17) is 9.47 Å². The molecule has 2 bridgehead atoms. The average molecular weight is 260 g/mol. The first-order valence-electron chi connectivity index (χ1n) is 6.00. The summed E-state index contributed by atoms with van der Waals surface area (Å²) in [5.41, 5.74) is 0. The topological polar surface area (TPSA) is 72.8 Å². The van der Waals surface area contributed by atoms with Crippen LogP contribution in [-0.4, -0.2) is 29.3 Å². The summed E-state index contributed by atoms with van der Waals surface area (Å²) >= 11 is 0. The molecule has 2 heterocycles. The summed E-state index contributed by atoms with van der Waals surface area (Å²) in [6.07, 6.45) is 2.38. The zero-order valence-corrected chi connectivity index (χ0v) is 9.93. The molecule has 5 nitrogen and oxygen atoms in total. The van der Waals surface area contributed by atoms with Crippen molar-refractivity contribution in [2.75, 3.05) is 0 Å². The molecule has 0 spiro atoms. The van der Waals surface area contributed by atoms with Gasteiger partial charge in [-0.3, -0.25) is 9.59 Å². The van der Waals surface area contributed by atoms with E-state index in [0.29, 0.717) is 5.75 Å². The van der Waals surface area contributed by atoms with Crippen LogP contribution < -0.4 is 4.74 Å². The Labute approximate surface area is 109 Å². The molecule has 1 fully saturated rings. The number of aliphatic carboxylic acids is 1. The van der Waals surface area contributed by atoms with E-state index in [9.17, 15) is 14.7 Å². The molecule has 4 unspecified atom stereocenters. The fraction of sp³-hybridized carbons (Fsp3) is 0.286. The number of hydrogen-bond acceptors (Lipinski definition) is 4. The van der Waals surface area contributed by atoms with Crippen LogP contribution in [0.1, 0.15) is 0 Å². The molecule has 2 aliphatic heterocycles. The van der Waals surface area contributed by atoms with E-state index in [1.54, 1.807) is 42.5 Å². The number of carbonyl (C=O) groups is 2. The minimum absolute atomic E-state index is 0.406. The molecular weight excluding hydrogens is 248 g/mol. The van der Waals surface area contributed by atoms with Crippen LogP contribution >= 0.6 is 0 Å². The first kappa shape index (κ1) is 11.9. The minimum Gasteiger partial charge on any atom is -0.481 e. The Morgan fingerprint density at radius 3 is 2.32 bits per heavy atom. The maximum Gasteiger partial charge on any atom is 0.318 e. The molecule has 19 heavy (non-hydrogen) atoms. The highest BCUT2D eigenvalue weighted by molar-refractivity contribution is 5.85. The monoisotopic (exact) mass is 260 g/mol. The van der Waals surface area contributed by atoms with Crippen LogP contribution in [0.15, 0.2) is 42.5 Å². The summed E-state index contributed by atoms with van der Waals surface area (Å²) in [4.78, 5) is 23.4. The van der Waals surface area contributed by atoms with Gasteiger partial charge in [0.1, 0.15) is 17.6 Å². The third kappa shape index (κ3) is 2.02. The molecule has 0 radical (unpaired) electrons. The highest BCUT2D eigenvalue weighted by Gasteiger charge is 2.54. The summed E-state index contributed by atoms with van der Waals surface area (Å²) in [7, 11) is 0. The second-order valence-corrected chi connectivity index (χ2v) is 4.57. The molecule has 0 amide bonds. The number of ether oxygens (including phenoxy) is 2. The number of fused-ring (bicyclic) bond motifs is 2. The van der Waals surface area contributed by atoms with Crippen molar-refractivity contribution in [3.63, 3.8) is 0 Å². The van der Waals surface area contributed by atoms with Crippen molar-refractivity contribution in [2.45, 2.75) is 12.2 Å². The van der Waals surface area contributed by atoms with Gasteiger partial charge < -0.3 is 14.6 Å². The lowest BCUT2D eigenvalue weighted by atomic mass is 9.83. The quantitative estimate of drug-likeness (QED) is 0.503. The van der Waals surface area contributed by atoms with Gasteiger partial charge in [0, 0.05) is 0 Å². The van der Waals surface area contributed by atoms with Crippen LogP contribution in [0.2, 0.25) is 0 Å². The molecule has 5 heteroatoms. The Morgan fingerprint density at radius 2 is 1.68 bits per heavy atom. The predicted molar refractivity (Wildman–Crippen MR) is 64.5 cm³/mol. The van der Waals surface area contributed by atoms with Crippen LogP contribution in [0.4, 0.5) is 0 Å². The zero-order chi connectivity index (χ0) is 13.4. The largest absolute Gasteiger partial charge is 0.481 e. The van der Waals surface area contributed by atoms with Crippen LogP contribution in [0.5, 0.6) is 5.75 Å². The standard InChI is InChI=1S/C14H12O5/c15-13(16)11-9-6-7-10(19-9)12(11)14(17)18-8-4-2-1-3-5-8/h1-7,9-12H,(H,15,16). The lowest BCUT2D eigenvalue weighted by Crippen LogP contribution is -2.38. The van der Waals surface area contributed by atoms with Crippen molar-refractivity contribution in [3.8, 4) is 5.75 Å². The summed E-state index contributed by atoms with van der Waals surface area (Å²) in [5.74, 6) is -2.84. The van der Waals surface area contributed by atoms with E-state index in [-0.39, 0.29) is 0 Å². The first-order valence-corrected chi connectivity index (χ1v) is 6.00. The smallest absolute Gasteiger partial charge is 0.318 e. The minimum atomic E-state index is -1.04. The Morgan fingerprint density at radius 1 is 1.05 bits per heavy atom. The zero-order valence-electron chi connectivity index (χ0n) is 9.93. The summed E-state index contributed by atoms with van der Waals surface area (Å²) in [6.45, 7) is 0. The molecule has 1 N–H and O–H groups in total. The van der Waals surface area contributed by atoms with E-state index in [0.717, 1.165) is 0 Å². The van der Waals surface area contributed by atoms with E-state index >= 15 is 0 Å². The maximum absolute atomic E-state index is 12.1. The molecule has 1 saturated heterocycles. The summed E-state index contributed by atoms with van der Waals surface area (Å²) < 4.78 is 10.6. The number of carboxylic acids is 1. The second-order valence-electron chi connectivity index (χ2n) is 4.57. The van der Waals surface area contributed by atoms with Gasteiger partial charge in [-0.25, -0.2) is 0 Å². The van der Waals surface area contributed by atoms with Gasteiger partial charge >= 0.3 is 11.9 Å². The number of carboxylic acid groups (broad SMARTS) is 1. The Balaban J connectivity index is 1.79. The van der Waals surface area contributed by atoms with Gasteiger partial charge in [-0.05, 0) is 12.1 Å². The van der Waals surface area contributed by atoms with Crippen molar-refractivity contribution in [3.05, 3.63) is 42.5 Å². The van der Waals surface area contributed by atoms with Crippen molar-refractivity contribution >= 4 is 11.9 Å². The number of benzene rings is 1. The molecule has 0 aliphatic carbocycles. The molecule has 1 aromatic rings. The molecular formula is C14H12O5. The molecule has 2 aliphatic rings.